The molecule has 4 rings (SSSR count). The normalized spacial score (nSPS) is 12.4. The molecule has 7 heteroatoms. The van der Waals surface area contributed by atoms with Gasteiger partial charge in [0.05, 0.1) is 29.0 Å². The summed E-state index contributed by atoms with van der Waals surface area (Å²) in [7, 11) is 0. The highest BCUT2D eigenvalue weighted by atomic mass is 35.5. The summed E-state index contributed by atoms with van der Waals surface area (Å²) in [6.07, 6.45) is 5.73. The number of allylic oxidation sites excluding steroid dienone is 2. The zero-order valence-electron chi connectivity index (χ0n) is 19.3. The van der Waals surface area contributed by atoms with Gasteiger partial charge in [0.2, 0.25) is 0 Å². The van der Waals surface area contributed by atoms with Crippen LogP contribution < -0.4 is 5.32 Å². The van der Waals surface area contributed by atoms with Gasteiger partial charge in [0.15, 0.2) is 0 Å². The molecule has 0 spiro atoms. The number of carbonyl (C=O) groups excluding carboxylic acids is 1. The molecule has 0 fully saturated rings. The average Bonchev–Trinajstić information content (AvgIpc) is 2.85. The van der Waals surface area contributed by atoms with Crippen molar-refractivity contribution in [1.82, 2.24) is 15.3 Å². The molecule has 0 saturated carbocycles. The summed E-state index contributed by atoms with van der Waals surface area (Å²) >= 11 is 6.05. The lowest BCUT2D eigenvalue weighted by Gasteiger charge is -2.11. The summed E-state index contributed by atoms with van der Waals surface area (Å²) in [6.45, 7) is 2.29. The number of nitrogens with zero attached hydrogens (tertiary/aromatic N) is 2. The van der Waals surface area contributed by atoms with Crippen molar-refractivity contribution in [2.75, 3.05) is 6.54 Å². The van der Waals surface area contributed by atoms with Crippen LogP contribution in [0.25, 0.3) is 22.3 Å². The van der Waals surface area contributed by atoms with Crippen molar-refractivity contribution in [1.29, 1.82) is 0 Å². The summed E-state index contributed by atoms with van der Waals surface area (Å²) in [4.78, 5) is 33.3. The second-order valence-electron chi connectivity index (χ2n) is 8.30. The maximum Gasteiger partial charge on any atom is 0.303 e. The maximum absolute atomic E-state index is 12.8. The Morgan fingerprint density at radius 3 is 2.51 bits per heavy atom. The Kier molecular flexibility index (Phi) is 7.59. The number of carbonyl (C=O) groups is 2. The van der Waals surface area contributed by atoms with E-state index in [2.05, 4.69) is 16.8 Å². The van der Waals surface area contributed by atoms with E-state index in [4.69, 9.17) is 26.7 Å². The summed E-state index contributed by atoms with van der Waals surface area (Å²) in [6, 6.07) is 12.6. The SMILES string of the molecule is CC1=C=C=C(CNC(=O)c2ccc3nc(-c4ccc(Cl)cc4)c(CCCCC(=O)O)nc3c2)C=C1. The maximum atomic E-state index is 12.8. The minimum atomic E-state index is -0.815. The zero-order valence-corrected chi connectivity index (χ0v) is 20.0. The van der Waals surface area contributed by atoms with Gasteiger partial charge in [-0.3, -0.25) is 9.59 Å². The van der Waals surface area contributed by atoms with E-state index in [-0.39, 0.29) is 12.3 Å². The van der Waals surface area contributed by atoms with E-state index in [0.29, 0.717) is 47.4 Å². The Bertz CT molecular complexity index is 1430. The van der Waals surface area contributed by atoms with Gasteiger partial charge in [-0.05, 0) is 74.2 Å². The number of carboxylic acids is 1. The number of nitrogens with one attached hydrogen (secondary N) is 1. The zero-order chi connectivity index (χ0) is 24.8. The van der Waals surface area contributed by atoms with E-state index >= 15 is 0 Å². The minimum absolute atomic E-state index is 0.109. The fourth-order valence-electron chi connectivity index (χ4n) is 3.68. The molecule has 1 aliphatic rings. The van der Waals surface area contributed by atoms with Gasteiger partial charge in [-0.15, -0.1) is 0 Å². The molecular formula is C28H24ClN3O3. The summed E-state index contributed by atoms with van der Waals surface area (Å²) in [5.41, 5.74) is 12.0. The first-order valence-corrected chi connectivity index (χ1v) is 11.7. The predicted octanol–water partition coefficient (Wildman–Crippen LogP) is 5.67. The van der Waals surface area contributed by atoms with Gasteiger partial charge in [0.25, 0.3) is 5.91 Å². The largest absolute Gasteiger partial charge is 0.481 e. The molecule has 176 valence electrons. The molecule has 2 aromatic carbocycles. The Morgan fingerprint density at radius 2 is 1.80 bits per heavy atom. The monoisotopic (exact) mass is 485 g/mol. The number of benzene rings is 2. The number of aryl methyl sites for hydroxylation is 1. The molecular weight excluding hydrogens is 462 g/mol. The quantitative estimate of drug-likeness (QED) is 0.301. The minimum Gasteiger partial charge on any atom is -0.481 e. The van der Waals surface area contributed by atoms with Crippen molar-refractivity contribution in [3.63, 3.8) is 0 Å². The molecule has 0 saturated heterocycles. The van der Waals surface area contributed by atoms with Crippen LogP contribution in [0.15, 0.2) is 77.2 Å². The van der Waals surface area contributed by atoms with Gasteiger partial charge in [-0.1, -0.05) is 35.2 Å². The van der Waals surface area contributed by atoms with Crippen molar-refractivity contribution in [2.45, 2.75) is 32.6 Å². The first kappa shape index (κ1) is 24.2. The molecule has 0 atom stereocenters. The van der Waals surface area contributed by atoms with E-state index in [1.165, 1.54) is 0 Å². The lowest BCUT2D eigenvalue weighted by atomic mass is 10.0. The molecule has 35 heavy (non-hydrogen) atoms. The molecule has 1 aromatic heterocycles. The summed E-state index contributed by atoms with van der Waals surface area (Å²) in [5.74, 6) is -1.03. The first-order valence-electron chi connectivity index (χ1n) is 11.3. The van der Waals surface area contributed by atoms with Gasteiger partial charge in [-0.25, -0.2) is 9.97 Å². The van der Waals surface area contributed by atoms with Crippen LogP contribution in [0.2, 0.25) is 5.02 Å². The van der Waals surface area contributed by atoms with Crippen LogP contribution in [-0.2, 0) is 11.2 Å². The van der Waals surface area contributed by atoms with Crippen LogP contribution in [0.5, 0.6) is 0 Å². The van der Waals surface area contributed by atoms with E-state index in [0.717, 1.165) is 28.1 Å². The number of unbranched alkanes of at least 4 members (excludes halogenated alkanes) is 1. The third-order valence-corrected chi connectivity index (χ3v) is 5.82. The third-order valence-electron chi connectivity index (χ3n) is 5.56. The second kappa shape index (κ2) is 11.0. The molecule has 3 aromatic rings. The third kappa shape index (κ3) is 6.34. The smallest absolute Gasteiger partial charge is 0.303 e. The highest BCUT2D eigenvalue weighted by Crippen LogP contribution is 2.26. The fraction of sp³-hybridized carbons (Fsp3) is 0.214. The number of amides is 1. The van der Waals surface area contributed by atoms with Gasteiger partial charge >= 0.3 is 5.97 Å². The van der Waals surface area contributed by atoms with Crippen LogP contribution in [0, 0.1) is 0 Å². The molecule has 0 radical (unpaired) electrons. The molecule has 2 N–H and O–H groups in total. The van der Waals surface area contributed by atoms with Gasteiger partial charge in [0.1, 0.15) is 0 Å². The fourth-order valence-corrected chi connectivity index (χ4v) is 3.81. The van der Waals surface area contributed by atoms with Crippen LogP contribution >= 0.6 is 11.6 Å². The summed E-state index contributed by atoms with van der Waals surface area (Å²) < 4.78 is 0. The van der Waals surface area contributed by atoms with Crippen molar-refractivity contribution in [3.8, 4) is 11.3 Å². The Balaban J connectivity index is 1.61. The number of hydrogen-bond donors (Lipinski definition) is 2. The molecule has 1 aliphatic carbocycles. The van der Waals surface area contributed by atoms with Gasteiger partial charge in [0, 0.05) is 28.1 Å². The van der Waals surface area contributed by atoms with Crippen molar-refractivity contribution in [2.24, 2.45) is 0 Å². The van der Waals surface area contributed by atoms with E-state index < -0.39 is 5.97 Å². The summed E-state index contributed by atoms with van der Waals surface area (Å²) in [5, 5.41) is 12.5. The number of halogens is 1. The van der Waals surface area contributed by atoms with E-state index in [1.807, 2.05) is 31.2 Å². The predicted molar refractivity (Wildman–Crippen MR) is 136 cm³/mol. The van der Waals surface area contributed by atoms with Crippen LogP contribution in [-0.4, -0.2) is 33.5 Å². The molecule has 0 bridgehead atoms. The Labute approximate surface area is 208 Å². The van der Waals surface area contributed by atoms with E-state index in [1.54, 1.807) is 30.3 Å². The van der Waals surface area contributed by atoms with Crippen molar-refractivity contribution in [3.05, 3.63) is 93.5 Å². The lowest BCUT2D eigenvalue weighted by molar-refractivity contribution is -0.137. The van der Waals surface area contributed by atoms with E-state index in [9.17, 15) is 9.59 Å². The number of aromatic nitrogens is 2. The van der Waals surface area contributed by atoms with Gasteiger partial charge < -0.3 is 10.4 Å². The Morgan fingerprint density at radius 1 is 1.00 bits per heavy atom. The van der Waals surface area contributed by atoms with Gasteiger partial charge in [-0.2, -0.15) is 0 Å². The van der Waals surface area contributed by atoms with Crippen LogP contribution in [0.3, 0.4) is 0 Å². The lowest BCUT2D eigenvalue weighted by Crippen LogP contribution is -2.25. The van der Waals surface area contributed by atoms with Crippen molar-refractivity contribution < 1.29 is 14.7 Å². The van der Waals surface area contributed by atoms with Crippen molar-refractivity contribution >= 4 is 34.5 Å². The second-order valence-corrected chi connectivity index (χ2v) is 8.74. The van der Waals surface area contributed by atoms with Crippen LogP contribution in [0.1, 0.15) is 42.2 Å². The number of aliphatic carboxylic acids is 1. The number of hydrogen-bond acceptors (Lipinski definition) is 4. The number of carboxylic acid groups (broad SMARTS) is 1. The number of fused-ring (bicyclic) bond motifs is 1. The molecule has 0 aliphatic heterocycles. The molecule has 6 nitrogen and oxygen atoms in total. The topological polar surface area (TPSA) is 92.2 Å². The molecule has 1 heterocycles. The number of rotatable bonds is 9. The molecule has 0 unspecified atom stereocenters. The average molecular weight is 486 g/mol. The molecule has 1 amide bonds. The first-order chi connectivity index (χ1) is 16.9. The van der Waals surface area contributed by atoms with Crippen LogP contribution in [0.4, 0.5) is 0 Å². The highest BCUT2D eigenvalue weighted by molar-refractivity contribution is 6.30. The standard InChI is InChI=1S/C28H24ClN3O3/c1-18-6-8-19(9-7-18)17-30-28(35)21-12-15-23-25(16-21)31-24(4-2-3-5-26(33)34)27(32-23)20-10-13-22(29)14-11-20/h6,8,10-16H,2-5,17H2,1H3,(H,30,35)(H,33,34). The Hall–Kier alpha value is -3.95. The highest BCUT2D eigenvalue weighted by Gasteiger charge is 2.14.